The van der Waals surface area contributed by atoms with Gasteiger partial charge in [0.2, 0.25) is 5.91 Å². The van der Waals surface area contributed by atoms with Gasteiger partial charge in [0, 0.05) is 21.2 Å². The molecule has 210 valence electrons. The second-order valence-electron chi connectivity index (χ2n) is 9.67. The van der Waals surface area contributed by atoms with E-state index in [0.717, 1.165) is 21.0 Å². The number of amides is 3. The maximum absolute atomic E-state index is 13.8. The standard InChI is InChI=1S/C33H25Cl2N3O2S2/c34-25-18-17-23(20-26(25)35)36-32(39)31(21-9-2-1-3-10-21)41-24-12-8-11-22(19-24)37-33(40)38-27-13-4-6-15-29(27)42-30-16-7-5-14-28(30)38/h1-20,27,29,31H,(H,36,39)(H,37,40). The van der Waals surface area contributed by atoms with Crippen LogP contribution in [0.3, 0.4) is 0 Å². The number of benzene rings is 4. The fourth-order valence-electron chi connectivity index (χ4n) is 4.87. The summed E-state index contributed by atoms with van der Waals surface area (Å²) in [4.78, 5) is 31.0. The molecule has 42 heavy (non-hydrogen) atoms. The van der Waals surface area contributed by atoms with Crippen LogP contribution in [0.1, 0.15) is 10.8 Å². The highest BCUT2D eigenvalue weighted by Crippen LogP contribution is 2.44. The molecule has 2 N–H and O–H groups in total. The van der Waals surface area contributed by atoms with E-state index in [9.17, 15) is 9.59 Å². The van der Waals surface area contributed by atoms with E-state index >= 15 is 0 Å². The zero-order valence-electron chi connectivity index (χ0n) is 22.1. The molecule has 0 saturated carbocycles. The Hall–Kier alpha value is -3.62. The Kier molecular flexibility index (Phi) is 8.63. The number of carbonyl (C=O) groups excluding carboxylic acids is 2. The lowest BCUT2D eigenvalue weighted by Gasteiger charge is -2.40. The maximum Gasteiger partial charge on any atom is 0.326 e. The molecule has 3 unspecified atom stereocenters. The number of hydrogen-bond acceptors (Lipinski definition) is 4. The van der Waals surface area contributed by atoms with E-state index in [1.807, 2.05) is 95.9 Å². The van der Waals surface area contributed by atoms with Gasteiger partial charge in [0.1, 0.15) is 5.25 Å². The molecule has 0 spiro atoms. The van der Waals surface area contributed by atoms with Crippen LogP contribution in [0.5, 0.6) is 0 Å². The van der Waals surface area contributed by atoms with E-state index in [-0.39, 0.29) is 23.2 Å². The van der Waals surface area contributed by atoms with Crippen molar-refractivity contribution in [3.63, 3.8) is 0 Å². The minimum absolute atomic E-state index is 0.0972. The van der Waals surface area contributed by atoms with Gasteiger partial charge in [-0.3, -0.25) is 9.69 Å². The first kappa shape index (κ1) is 28.5. The highest BCUT2D eigenvalue weighted by atomic mass is 35.5. The van der Waals surface area contributed by atoms with Crippen molar-refractivity contribution in [3.05, 3.63) is 137 Å². The lowest BCUT2D eigenvalue weighted by Crippen LogP contribution is -2.49. The molecule has 3 atom stereocenters. The van der Waals surface area contributed by atoms with Crippen molar-refractivity contribution in [2.75, 3.05) is 15.5 Å². The number of para-hydroxylation sites is 1. The number of nitrogens with one attached hydrogen (secondary N) is 2. The van der Waals surface area contributed by atoms with Crippen LogP contribution in [0.15, 0.2) is 131 Å². The summed E-state index contributed by atoms with van der Waals surface area (Å²) in [7, 11) is 0. The fraction of sp³-hybridized carbons (Fsp3) is 0.0909. The predicted octanol–water partition coefficient (Wildman–Crippen LogP) is 9.47. The zero-order chi connectivity index (χ0) is 29.1. The third-order valence-electron chi connectivity index (χ3n) is 6.83. The van der Waals surface area contributed by atoms with E-state index < -0.39 is 5.25 Å². The number of anilines is 3. The first-order valence-corrected chi connectivity index (χ1v) is 15.8. The first-order valence-electron chi connectivity index (χ1n) is 13.2. The Labute approximate surface area is 263 Å². The summed E-state index contributed by atoms with van der Waals surface area (Å²) in [5.41, 5.74) is 2.93. The lowest BCUT2D eigenvalue weighted by atomic mass is 10.1. The molecule has 9 heteroatoms. The van der Waals surface area contributed by atoms with Crippen molar-refractivity contribution < 1.29 is 9.59 Å². The predicted molar refractivity (Wildman–Crippen MR) is 176 cm³/mol. The fourth-order valence-corrected chi connectivity index (χ4v) is 7.51. The molecule has 0 fully saturated rings. The summed E-state index contributed by atoms with van der Waals surface area (Å²) in [6.45, 7) is 0. The number of nitrogens with zero attached hydrogens (tertiary/aromatic N) is 1. The lowest BCUT2D eigenvalue weighted by molar-refractivity contribution is -0.115. The maximum atomic E-state index is 13.8. The third kappa shape index (κ3) is 6.25. The topological polar surface area (TPSA) is 61.4 Å². The molecule has 0 radical (unpaired) electrons. The molecule has 5 nitrogen and oxygen atoms in total. The molecule has 0 aromatic heterocycles. The van der Waals surface area contributed by atoms with Gasteiger partial charge in [-0.2, -0.15) is 0 Å². The number of urea groups is 1. The average Bonchev–Trinajstić information content (AvgIpc) is 3.01. The summed E-state index contributed by atoms with van der Waals surface area (Å²) in [6.07, 6.45) is 8.21. The van der Waals surface area contributed by atoms with Crippen LogP contribution >= 0.6 is 46.7 Å². The molecule has 1 aliphatic carbocycles. The van der Waals surface area contributed by atoms with Crippen molar-refractivity contribution in [1.29, 1.82) is 0 Å². The molecule has 0 saturated heterocycles. The smallest absolute Gasteiger partial charge is 0.325 e. The quantitative estimate of drug-likeness (QED) is 0.208. The second-order valence-corrected chi connectivity index (χ2v) is 12.9. The van der Waals surface area contributed by atoms with Crippen molar-refractivity contribution in [2.24, 2.45) is 0 Å². The second kappa shape index (κ2) is 12.7. The normalized spacial score (nSPS) is 17.6. The molecule has 3 amide bonds. The zero-order valence-corrected chi connectivity index (χ0v) is 25.3. The molecule has 4 aromatic carbocycles. The average molecular weight is 631 g/mol. The van der Waals surface area contributed by atoms with E-state index in [1.54, 1.807) is 30.0 Å². The Morgan fingerprint density at radius 2 is 1.55 bits per heavy atom. The SMILES string of the molecule is O=C(Nc1ccc(Cl)c(Cl)c1)C(Sc1cccc(NC(=O)N2c3ccccc3SC3C=CC=CC32)c1)c1ccccc1. The summed E-state index contributed by atoms with van der Waals surface area (Å²) >= 11 is 15.4. The molecule has 0 bridgehead atoms. The summed E-state index contributed by atoms with van der Waals surface area (Å²) in [5, 5.41) is 6.42. The van der Waals surface area contributed by atoms with Crippen LogP contribution in [0, 0.1) is 0 Å². The summed E-state index contributed by atoms with van der Waals surface area (Å²) < 4.78 is 0. The number of halogens is 2. The summed E-state index contributed by atoms with van der Waals surface area (Å²) in [6, 6.07) is 29.8. The van der Waals surface area contributed by atoms with Crippen molar-refractivity contribution in [1.82, 2.24) is 0 Å². The Morgan fingerprint density at radius 1 is 0.786 bits per heavy atom. The third-order valence-corrected chi connectivity index (χ3v) is 10.1. The van der Waals surface area contributed by atoms with Gasteiger partial charge < -0.3 is 10.6 Å². The Morgan fingerprint density at radius 3 is 2.38 bits per heavy atom. The number of hydrogen-bond donors (Lipinski definition) is 2. The number of allylic oxidation sites excluding steroid dienone is 2. The molecule has 1 heterocycles. The van der Waals surface area contributed by atoms with Crippen LogP contribution in [-0.2, 0) is 4.79 Å². The van der Waals surface area contributed by atoms with E-state index in [4.69, 9.17) is 23.2 Å². The Bertz CT molecular complexity index is 1700. The Balaban J connectivity index is 1.23. The van der Waals surface area contributed by atoms with Gasteiger partial charge in [0.05, 0.1) is 27.0 Å². The number of carbonyl (C=O) groups is 2. The van der Waals surface area contributed by atoms with Gasteiger partial charge in [-0.15, -0.1) is 23.5 Å². The van der Waals surface area contributed by atoms with E-state index in [0.29, 0.717) is 21.4 Å². The summed E-state index contributed by atoms with van der Waals surface area (Å²) in [5.74, 6) is -0.204. The molecule has 2 aliphatic rings. The highest BCUT2D eigenvalue weighted by molar-refractivity contribution is 8.00. The van der Waals surface area contributed by atoms with Gasteiger partial charge in [-0.1, -0.05) is 96.0 Å². The van der Waals surface area contributed by atoms with Gasteiger partial charge in [-0.05, 0) is 54.1 Å². The minimum atomic E-state index is -0.558. The van der Waals surface area contributed by atoms with Crippen LogP contribution in [0.2, 0.25) is 10.0 Å². The van der Waals surface area contributed by atoms with Gasteiger partial charge in [0.25, 0.3) is 0 Å². The van der Waals surface area contributed by atoms with E-state index in [1.165, 1.54) is 11.8 Å². The van der Waals surface area contributed by atoms with Crippen molar-refractivity contribution in [3.8, 4) is 0 Å². The number of rotatable bonds is 6. The van der Waals surface area contributed by atoms with E-state index in [2.05, 4.69) is 22.8 Å². The van der Waals surface area contributed by atoms with Crippen molar-refractivity contribution >= 4 is 75.7 Å². The minimum Gasteiger partial charge on any atom is -0.325 e. The van der Waals surface area contributed by atoms with Crippen LogP contribution in [0.25, 0.3) is 0 Å². The largest absolute Gasteiger partial charge is 0.326 e. The van der Waals surface area contributed by atoms with Crippen molar-refractivity contribution in [2.45, 2.75) is 26.3 Å². The van der Waals surface area contributed by atoms with Gasteiger partial charge in [0.15, 0.2) is 0 Å². The molecular weight excluding hydrogens is 605 g/mol. The molecular formula is C33H25Cl2N3O2S2. The number of fused-ring (bicyclic) bond motifs is 2. The molecule has 6 rings (SSSR count). The monoisotopic (exact) mass is 629 g/mol. The van der Waals surface area contributed by atoms with Gasteiger partial charge >= 0.3 is 6.03 Å². The van der Waals surface area contributed by atoms with Crippen LogP contribution < -0.4 is 15.5 Å². The molecule has 4 aromatic rings. The van der Waals surface area contributed by atoms with Crippen LogP contribution in [-0.4, -0.2) is 23.2 Å². The van der Waals surface area contributed by atoms with Gasteiger partial charge in [-0.25, -0.2) is 4.79 Å². The molecule has 1 aliphatic heterocycles. The van der Waals surface area contributed by atoms with Crippen LogP contribution in [0.4, 0.5) is 21.9 Å². The highest BCUT2D eigenvalue weighted by Gasteiger charge is 2.36. The number of thioether (sulfide) groups is 2. The first-order chi connectivity index (χ1) is 20.5.